The SMILES string of the molecule is COc1cccc2c(N3CC4(CCN(C[S-](=N)=O)C4)C3)ncnc12. The molecule has 3 heterocycles. The molecule has 0 aliphatic carbocycles. The Bertz CT molecular complexity index is 839. The number of likely N-dealkylation sites (tertiary alicyclic amines) is 1. The second kappa shape index (κ2) is 5.86. The average molecular weight is 346 g/mol. The number of nitrogens with zero attached hydrogens (tertiary/aromatic N) is 4. The highest BCUT2D eigenvalue weighted by molar-refractivity contribution is 7.73. The zero-order chi connectivity index (χ0) is 16.7. The Kier molecular flexibility index (Phi) is 3.80. The van der Waals surface area contributed by atoms with Crippen LogP contribution in [0.3, 0.4) is 0 Å². The highest BCUT2D eigenvalue weighted by Crippen LogP contribution is 2.43. The molecule has 128 valence electrons. The number of hydrogen-bond donors (Lipinski definition) is 1. The van der Waals surface area contributed by atoms with Crippen LogP contribution in [-0.2, 0) is 14.8 Å². The van der Waals surface area contributed by atoms with Crippen molar-refractivity contribution in [3.05, 3.63) is 24.5 Å². The third-order valence-electron chi connectivity index (χ3n) is 5.00. The Labute approximate surface area is 142 Å². The van der Waals surface area contributed by atoms with Gasteiger partial charge in [-0.1, -0.05) is 6.07 Å². The second-order valence-electron chi connectivity index (χ2n) is 6.69. The maximum atomic E-state index is 11.1. The molecule has 1 aromatic carbocycles. The third-order valence-corrected chi connectivity index (χ3v) is 5.60. The number of para-hydroxylation sites is 1. The van der Waals surface area contributed by atoms with Gasteiger partial charge in [-0.3, -0.25) is 0 Å². The Morgan fingerprint density at radius 3 is 2.92 bits per heavy atom. The summed E-state index contributed by atoms with van der Waals surface area (Å²) in [6.45, 7) is 3.73. The zero-order valence-corrected chi connectivity index (χ0v) is 14.4. The molecule has 8 heteroatoms. The van der Waals surface area contributed by atoms with Gasteiger partial charge in [-0.15, -0.1) is 0 Å². The normalized spacial score (nSPS) is 20.0. The number of ether oxygens (including phenoxy) is 1. The smallest absolute Gasteiger partial charge is 0.145 e. The minimum Gasteiger partial charge on any atom is -0.494 e. The van der Waals surface area contributed by atoms with Gasteiger partial charge in [-0.05, 0) is 31.0 Å². The molecule has 0 unspecified atom stereocenters. The van der Waals surface area contributed by atoms with Gasteiger partial charge in [0.1, 0.15) is 23.4 Å². The second-order valence-corrected chi connectivity index (χ2v) is 7.64. The Morgan fingerprint density at radius 1 is 1.33 bits per heavy atom. The minimum absolute atomic E-state index is 0.246. The number of rotatable bonds is 4. The van der Waals surface area contributed by atoms with Crippen LogP contribution in [0.5, 0.6) is 5.75 Å². The minimum atomic E-state index is -1.51. The summed E-state index contributed by atoms with van der Waals surface area (Å²) in [5.74, 6) is 2.07. The van der Waals surface area contributed by atoms with Crippen molar-refractivity contribution in [2.45, 2.75) is 6.42 Å². The topological polar surface area (TPSA) is 82.4 Å². The number of anilines is 1. The monoisotopic (exact) mass is 346 g/mol. The lowest BCUT2D eigenvalue weighted by Gasteiger charge is -2.49. The van der Waals surface area contributed by atoms with Crippen molar-refractivity contribution in [3.63, 3.8) is 0 Å². The molecule has 0 radical (unpaired) electrons. The van der Waals surface area contributed by atoms with Crippen molar-refractivity contribution in [2.75, 3.05) is 44.1 Å². The zero-order valence-electron chi connectivity index (χ0n) is 13.6. The fourth-order valence-electron chi connectivity index (χ4n) is 3.94. The summed E-state index contributed by atoms with van der Waals surface area (Å²) in [4.78, 5) is 13.3. The molecule has 2 saturated heterocycles. The maximum Gasteiger partial charge on any atom is 0.145 e. The molecule has 0 bridgehead atoms. The van der Waals surface area contributed by atoms with Crippen LogP contribution < -0.4 is 9.64 Å². The number of nitrogens with one attached hydrogen (secondary N) is 1. The summed E-state index contributed by atoms with van der Waals surface area (Å²) in [7, 11) is 0.146. The van der Waals surface area contributed by atoms with E-state index in [1.54, 1.807) is 13.4 Å². The quantitative estimate of drug-likeness (QED) is 0.851. The van der Waals surface area contributed by atoms with Gasteiger partial charge in [0.15, 0.2) is 0 Å². The number of aromatic nitrogens is 2. The van der Waals surface area contributed by atoms with Gasteiger partial charge in [0.05, 0.1) is 7.11 Å². The first-order chi connectivity index (χ1) is 11.6. The highest BCUT2D eigenvalue weighted by atomic mass is 32.2. The molecule has 4 rings (SSSR count). The molecule has 2 fully saturated rings. The molecule has 1 N–H and O–H groups in total. The summed E-state index contributed by atoms with van der Waals surface area (Å²) in [6.07, 6.45) is 2.68. The highest BCUT2D eigenvalue weighted by Gasteiger charge is 2.47. The first-order valence-electron chi connectivity index (χ1n) is 7.95. The van der Waals surface area contributed by atoms with Gasteiger partial charge in [0, 0.05) is 30.4 Å². The largest absolute Gasteiger partial charge is 0.494 e. The van der Waals surface area contributed by atoms with E-state index >= 15 is 0 Å². The molecule has 2 aromatic rings. The van der Waals surface area contributed by atoms with Gasteiger partial charge in [-0.2, -0.15) is 10.6 Å². The van der Waals surface area contributed by atoms with Crippen LogP contribution in [-0.4, -0.2) is 54.0 Å². The van der Waals surface area contributed by atoms with Crippen molar-refractivity contribution in [1.82, 2.24) is 14.9 Å². The summed E-state index contributed by atoms with van der Waals surface area (Å²) in [6, 6.07) is 5.90. The molecular weight excluding hydrogens is 326 g/mol. The van der Waals surface area contributed by atoms with Crippen LogP contribution in [0.25, 0.3) is 10.9 Å². The van der Waals surface area contributed by atoms with E-state index in [9.17, 15) is 4.21 Å². The Hall–Kier alpha value is -1.93. The standard InChI is InChI=1S/C16H20N5O2S/c1-23-13-4-2-3-12-14(13)18-10-19-15(12)21-8-16(9-21)5-6-20(7-16)11-24(17)22/h2-4,10,17H,5-9,11H2,1H3/q-1. The number of benzene rings is 1. The van der Waals surface area contributed by atoms with Crippen molar-refractivity contribution < 1.29 is 8.95 Å². The predicted octanol–water partition coefficient (Wildman–Crippen LogP) is 1.83. The van der Waals surface area contributed by atoms with Crippen LogP contribution in [0.1, 0.15) is 6.42 Å². The van der Waals surface area contributed by atoms with Gasteiger partial charge in [0.25, 0.3) is 0 Å². The van der Waals surface area contributed by atoms with E-state index in [0.29, 0.717) is 5.88 Å². The average Bonchev–Trinajstić information content (AvgIpc) is 2.95. The van der Waals surface area contributed by atoms with Crippen LogP contribution >= 0.6 is 0 Å². The van der Waals surface area contributed by atoms with Gasteiger partial charge in [-0.25, -0.2) is 9.97 Å². The van der Waals surface area contributed by atoms with E-state index in [4.69, 9.17) is 9.52 Å². The van der Waals surface area contributed by atoms with E-state index in [0.717, 1.165) is 55.1 Å². The van der Waals surface area contributed by atoms with E-state index in [1.165, 1.54) is 0 Å². The Morgan fingerprint density at radius 2 is 2.17 bits per heavy atom. The molecule has 0 atom stereocenters. The lowest BCUT2D eigenvalue weighted by molar-refractivity contribution is 0.214. The molecule has 1 spiro atoms. The van der Waals surface area contributed by atoms with Crippen molar-refractivity contribution in [2.24, 2.45) is 5.41 Å². The molecular formula is C16H20N5O2S-. The molecule has 0 saturated carbocycles. The Balaban J connectivity index is 1.55. The first kappa shape index (κ1) is 15.6. The first-order valence-corrected chi connectivity index (χ1v) is 9.27. The summed E-state index contributed by atoms with van der Waals surface area (Å²) >= 11 is 0. The van der Waals surface area contributed by atoms with Crippen LogP contribution in [0.4, 0.5) is 5.82 Å². The van der Waals surface area contributed by atoms with E-state index in [1.807, 2.05) is 18.2 Å². The molecule has 0 amide bonds. The lowest BCUT2D eigenvalue weighted by atomic mass is 9.79. The van der Waals surface area contributed by atoms with Crippen molar-refractivity contribution in [3.8, 4) is 5.75 Å². The number of fused-ring (bicyclic) bond motifs is 1. The van der Waals surface area contributed by atoms with E-state index in [2.05, 4.69) is 19.8 Å². The van der Waals surface area contributed by atoms with E-state index < -0.39 is 10.6 Å². The molecule has 7 nitrogen and oxygen atoms in total. The summed E-state index contributed by atoms with van der Waals surface area (Å²) in [5.41, 5.74) is 1.08. The van der Waals surface area contributed by atoms with Gasteiger partial charge in [0.2, 0.25) is 0 Å². The molecule has 24 heavy (non-hydrogen) atoms. The van der Waals surface area contributed by atoms with Gasteiger partial charge >= 0.3 is 0 Å². The molecule has 2 aliphatic rings. The molecule has 1 aromatic heterocycles. The van der Waals surface area contributed by atoms with Crippen LogP contribution in [0, 0.1) is 10.2 Å². The number of hydrogen-bond acceptors (Lipinski definition) is 8. The number of methoxy groups -OCH3 is 1. The third kappa shape index (κ3) is 2.59. The van der Waals surface area contributed by atoms with E-state index in [-0.39, 0.29) is 5.41 Å². The van der Waals surface area contributed by atoms with Crippen LogP contribution in [0.2, 0.25) is 0 Å². The van der Waals surface area contributed by atoms with Gasteiger partial charge < -0.3 is 23.5 Å². The van der Waals surface area contributed by atoms with Crippen LogP contribution in [0.15, 0.2) is 24.5 Å². The fourth-order valence-corrected chi connectivity index (χ4v) is 4.49. The molecule has 2 aliphatic heterocycles. The maximum absolute atomic E-state index is 11.1. The van der Waals surface area contributed by atoms with Crippen molar-refractivity contribution >= 4 is 27.3 Å². The lowest BCUT2D eigenvalue weighted by Crippen LogP contribution is -2.58. The summed E-state index contributed by atoms with van der Waals surface area (Å²) in [5, 5.41) is 1.01. The summed E-state index contributed by atoms with van der Waals surface area (Å²) < 4.78 is 23.7. The van der Waals surface area contributed by atoms with Crippen molar-refractivity contribution in [1.29, 1.82) is 4.78 Å². The predicted molar refractivity (Wildman–Crippen MR) is 92.6 cm³/mol. The fraction of sp³-hybridized carbons (Fsp3) is 0.500.